The maximum Gasteiger partial charge on any atom is 0.318 e. The average Bonchev–Trinajstić information content (AvgIpc) is 2.53. The molecule has 1 heterocycles. The number of hydrogen-bond donors (Lipinski definition) is 2. The van der Waals surface area contributed by atoms with Crippen LogP contribution in [-0.4, -0.2) is 55.2 Å². The van der Waals surface area contributed by atoms with E-state index in [1.165, 1.54) is 19.3 Å². The van der Waals surface area contributed by atoms with E-state index >= 15 is 0 Å². The van der Waals surface area contributed by atoms with Gasteiger partial charge in [0.25, 0.3) is 0 Å². The van der Waals surface area contributed by atoms with Gasteiger partial charge in [-0.2, -0.15) is 0 Å². The van der Waals surface area contributed by atoms with Crippen molar-refractivity contribution >= 4 is 11.9 Å². The third-order valence-electron chi connectivity index (χ3n) is 4.17. The van der Waals surface area contributed by atoms with Gasteiger partial charge in [0.1, 0.15) is 6.04 Å². The van der Waals surface area contributed by atoms with Crippen LogP contribution < -0.4 is 10.6 Å². The fourth-order valence-electron chi connectivity index (χ4n) is 2.93. The molecule has 1 aliphatic carbocycles. The molecule has 2 fully saturated rings. The summed E-state index contributed by atoms with van der Waals surface area (Å²) in [5, 5.41) is 5.93. The van der Waals surface area contributed by atoms with Gasteiger partial charge in [0.15, 0.2) is 0 Å². The third kappa shape index (κ3) is 4.59. The van der Waals surface area contributed by atoms with Gasteiger partial charge in [-0.3, -0.25) is 4.79 Å². The van der Waals surface area contributed by atoms with Crippen molar-refractivity contribution in [1.82, 2.24) is 15.5 Å². The lowest BCUT2D eigenvalue weighted by Gasteiger charge is -2.36. The summed E-state index contributed by atoms with van der Waals surface area (Å²) in [5.41, 5.74) is 0. The minimum absolute atomic E-state index is 0.115. The average molecular weight is 297 g/mol. The fourth-order valence-corrected chi connectivity index (χ4v) is 2.93. The van der Waals surface area contributed by atoms with Crippen LogP contribution in [-0.2, 0) is 9.53 Å². The summed E-state index contributed by atoms with van der Waals surface area (Å²) >= 11 is 0. The largest absolute Gasteiger partial charge is 0.377 e. The molecule has 1 saturated heterocycles. The molecule has 2 N–H and O–H groups in total. The Balaban J connectivity index is 1.90. The Hall–Kier alpha value is -1.30. The topological polar surface area (TPSA) is 70.7 Å². The molecule has 21 heavy (non-hydrogen) atoms. The molecule has 6 nitrogen and oxygen atoms in total. The van der Waals surface area contributed by atoms with E-state index in [0.717, 1.165) is 19.3 Å². The Morgan fingerprint density at radius 2 is 2.00 bits per heavy atom. The van der Waals surface area contributed by atoms with E-state index in [4.69, 9.17) is 4.74 Å². The fraction of sp³-hybridized carbons (Fsp3) is 0.867. The first-order chi connectivity index (χ1) is 10.2. The molecule has 6 heteroatoms. The summed E-state index contributed by atoms with van der Waals surface area (Å²) in [6.45, 7) is 3.89. The standard InChI is InChI=1S/C15H27N3O3/c1-2-8-16-14(19)13-11-21-10-9-18(13)15(20)17-12-6-4-3-5-7-12/h12-13H,2-11H2,1H3,(H,16,19)(H,17,20). The van der Waals surface area contributed by atoms with Crippen molar-refractivity contribution in [2.24, 2.45) is 0 Å². The van der Waals surface area contributed by atoms with Crippen LogP contribution in [0.4, 0.5) is 4.79 Å². The van der Waals surface area contributed by atoms with Crippen LogP contribution in [0, 0.1) is 0 Å². The molecular weight excluding hydrogens is 270 g/mol. The minimum Gasteiger partial charge on any atom is -0.377 e. The molecule has 0 aromatic heterocycles. The third-order valence-corrected chi connectivity index (χ3v) is 4.17. The molecule has 2 rings (SSSR count). The number of nitrogens with zero attached hydrogens (tertiary/aromatic N) is 1. The van der Waals surface area contributed by atoms with Gasteiger partial charge in [-0.15, -0.1) is 0 Å². The van der Waals surface area contributed by atoms with E-state index in [0.29, 0.717) is 19.7 Å². The first kappa shape index (κ1) is 16.1. The summed E-state index contributed by atoms with van der Waals surface area (Å²) in [6.07, 6.45) is 6.58. The van der Waals surface area contributed by atoms with Gasteiger partial charge < -0.3 is 20.3 Å². The molecule has 0 spiro atoms. The summed E-state index contributed by atoms with van der Waals surface area (Å²) in [7, 11) is 0. The maximum atomic E-state index is 12.4. The Labute approximate surface area is 126 Å². The Morgan fingerprint density at radius 3 is 2.71 bits per heavy atom. The molecular formula is C15H27N3O3. The molecule has 0 aromatic rings. The molecule has 0 bridgehead atoms. The quantitative estimate of drug-likeness (QED) is 0.820. The van der Waals surface area contributed by atoms with Crippen LogP contribution in [0.2, 0.25) is 0 Å². The molecule has 120 valence electrons. The lowest BCUT2D eigenvalue weighted by atomic mass is 9.96. The predicted octanol–water partition coefficient (Wildman–Crippen LogP) is 1.26. The van der Waals surface area contributed by atoms with Crippen molar-refractivity contribution in [2.45, 2.75) is 57.5 Å². The van der Waals surface area contributed by atoms with E-state index in [1.54, 1.807) is 4.90 Å². The van der Waals surface area contributed by atoms with E-state index in [-0.39, 0.29) is 24.6 Å². The first-order valence-electron chi connectivity index (χ1n) is 8.15. The minimum atomic E-state index is -0.506. The van der Waals surface area contributed by atoms with Gasteiger partial charge in [-0.1, -0.05) is 26.2 Å². The summed E-state index contributed by atoms with van der Waals surface area (Å²) in [4.78, 5) is 26.2. The maximum absolute atomic E-state index is 12.4. The number of amides is 3. The molecule has 1 unspecified atom stereocenters. The smallest absolute Gasteiger partial charge is 0.318 e. The van der Waals surface area contributed by atoms with Crippen LogP contribution in [0.15, 0.2) is 0 Å². The highest BCUT2D eigenvalue weighted by Crippen LogP contribution is 2.18. The van der Waals surface area contributed by atoms with Crippen molar-refractivity contribution in [3.8, 4) is 0 Å². The zero-order chi connectivity index (χ0) is 15.1. The van der Waals surface area contributed by atoms with Crippen LogP contribution in [0.5, 0.6) is 0 Å². The van der Waals surface area contributed by atoms with Crippen molar-refractivity contribution in [1.29, 1.82) is 0 Å². The SMILES string of the molecule is CCCNC(=O)C1COCCN1C(=O)NC1CCCCC1. The number of nitrogens with one attached hydrogen (secondary N) is 2. The first-order valence-corrected chi connectivity index (χ1v) is 8.15. The van der Waals surface area contributed by atoms with E-state index in [1.807, 2.05) is 6.92 Å². The molecule has 1 aliphatic heterocycles. The molecule has 0 aromatic carbocycles. The highest BCUT2D eigenvalue weighted by atomic mass is 16.5. The van der Waals surface area contributed by atoms with E-state index < -0.39 is 6.04 Å². The number of carbonyl (C=O) groups is 2. The van der Waals surface area contributed by atoms with E-state index in [9.17, 15) is 9.59 Å². The van der Waals surface area contributed by atoms with Gasteiger partial charge in [0.2, 0.25) is 5.91 Å². The number of urea groups is 1. The number of ether oxygens (including phenoxy) is 1. The number of rotatable bonds is 4. The number of carbonyl (C=O) groups excluding carboxylic acids is 2. The summed E-state index contributed by atoms with van der Waals surface area (Å²) in [5.74, 6) is -0.115. The molecule has 1 saturated carbocycles. The zero-order valence-electron chi connectivity index (χ0n) is 12.9. The number of hydrogen-bond acceptors (Lipinski definition) is 3. The predicted molar refractivity (Wildman–Crippen MR) is 80.0 cm³/mol. The van der Waals surface area contributed by atoms with Crippen LogP contribution in [0.3, 0.4) is 0 Å². The Morgan fingerprint density at radius 1 is 1.24 bits per heavy atom. The number of morpholine rings is 1. The highest BCUT2D eigenvalue weighted by Gasteiger charge is 2.33. The van der Waals surface area contributed by atoms with Crippen molar-refractivity contribution in [2.75, 3.05) is 26.3 Å². The van der Waals surface area contributed by atoms with Gasteiger partial charge >= 0.3 is 6.03 Å². The Bertz CT molecular complexity index is 356. The molecule has 0 radical (unpaired) electrons. The van der Waals surface area contributed by atoms with Crippen LogP contribution >= 0.6 is 0 Å². The summed E-state index contributed by atoms with van der Waals surface area (Å²) < 4.78 is 5.37. The van der Waals surface area contributed by atoms with Gasteiger partial charge in [-0.25, -0.2) is 4.79 Å². The van der Waals surface area contributed by atoms with Crippen molar-refractivity contribution < 1.29 is 14.3 Å². The zero-order valence-corrected chi connectivity index (χ0v) is 12.9. The van der Waals surface area contributed by atoms with Gasteiger partial charge in [0.05, 0.1) is 13.2 Å². The normalized spacial score (nSPS) is 23.7. The second-order valence-corrected chi connectivity index (χ2v) is 5.86. The van der Waals surface area contributed by atoms with Crippen molar-refractivity contribution in [3.05, 3.63) is 0 Å². The van der Waals surface area contributed by atoms with Gasteiger partial charge in [0, 0.05) is 19.1 Å². The van der Waals surface area contributed by atoms with Crippen LogP contribution in [0.1, 0.15) is 45.4 Å². The second-order valence-electron chi connectivity index (χ2n) is 5.86. The van der Waals surface area contributed by atoms with Crippen molar-refractivity contribution in [3.63, 3.8) is 0 Å². The molecule has 2 aliphatic rings. The lowest BCUT2D eigenvalue weighted by Crippen LogP contribution is -2.59. The lowest BCUT2D eigenvalue weighted by molar-refractivity contribution is -0.130. The highest BCUT2D eigenvalue weighted by molar-refractivity contribution is 5.87. The Kier molecular flexibility index (Phi) is 6.29. The summed E-state index contributed by atoms with van der Waals surface area (Å²) in [6, 6.07) is -0.371. The van der Waals surface area contributed by atoms with E-state index in [2.05, 4.69) is 10.6 Å². The van der Waals surface area contributed by atoms with Gasteiger partial charge in [-0.05, 0) is 19.3 Å². The monoisotopic (exact) mass is 297 g/mol. The second kappa shape index (κ2) is 8.22. The van der Waals surface area contributed by atoms with Crippen LogP contribution in [0.25, 0.3) is 0 Å². The molecule has 1 atom stereocenters. The molecule has 3 amide bonds.